The van der Waals surface area contributed by atoms with Gasteiger partial charge in [0.25, 0.3) is 0 Å². The van der Waals surface area contributed by atoms with Crippen molar-refractivity contribution in [3.8, 4) is 5.75 Å². The summed E-state index contributed by atoms with van der Waals surface area (Å²) in [6.45, 7) is -0.748. The van der Waals surface area contributed by atoms with E-state index in [9.17, 15) is 19.5 Å². The Morgan fingerprint density at radius 2 is 1.65 bits per heavy atom. The molecule has 0 unspecified atom stereocenters. The highest BCUT2D eigenvalue weighted by Crippen LogP contribution is 2.28. The quantitative estimate of drug-likeness (QED) is 0.557. The Hall–Kier alpha value is -2.77. The van der Waals surface area contributed by atoms with Gasteiger partial charge in [0.2, 0.25) is 0 Å². The predicted molar refractivity (Wildman–Crippen MR) is 66.8 cm³/mol. The fourth-order valence-corrected chi connectivity index (χ4v) is 1.71. The second-order valence-corrected chi connectivity index (χ2v) is 3.96. The van der Waals surface area contributed by atoms with Crippen molar-refractivity contribution in [2.24, 2.45) is 0 Å². The molecule has 1 aromatic rings. The van der Waals surface area contributed by atoms with Crippen molar-refractivity contribution in [2.75, 3.05) is 11.4 Å². The fraction of sp³-hybridized carbons (Fsp3) is 0.250. The van der Waals surface area contributed by atoms with E-state index in [2.05, 4.69) is 0 Å². The zero-order valence-electron chi connectivity index (χ0n) is 10.3. The fourth-order valence-electron chi connectivity index (χ4n) is 1.71. The Kier molecular flexibility index (Phi) is 4.90. The van der Waals surface area contributed by atoms with E-state index in [0.717, 1.165) is 4.90 Å². The van der Waals surface area contributed by atoms with E-state index in [4.69, 9.17) is 15.3 Å². The van der Waals surface area contributed by atoms with Crippen LogP contribution in [0, 0.1) is 0 Å². The highest BCUT2D eigenvalue weighted by Gasteiger charge is 2.31. The summed E-state index contributed by atoms with van der Waals surface area (Å²) in [5, 5.41) is 36.3. The highest BCUT2D eigenvalue weighted by atomic mass is 16.4. The second kappa shape index (κ2) is 6.41. The number of nitrogens with zero attached hydrogens (tertiary/aromatic N) is 1. The Morgan fingerprint density at radius 1 is 1.05 bits per heavy atom. The van der Waals surface area contributed by atoms with E-state index in [0.29, 0.717) is 0 Å². The summed E-state index contributed by atoms with van der Waals surface area (Å²) in [5.41, 5.74) is -0.0523. The third kappa shape index (κ3) is 3.87. The molecule has 8 heteroatoms. The molecule has 0 radical (unpaired) electrons. The summed E-state index contributed by atoms with van der Waals surface area (Å²) < 4.78 is 0. The smallest absolute Gasteiger partial charge is 0.326 e. The second-order valence-electron chi connectivity index (χ2n) is 3.96. The van der Waals surface area contributed by atoms with Crippen LogP contribution >= 0.6 is 0 Å². The molecule has 0 bridgehead atoms. The number of benzene rings is 1. The molecule has 1 rings (SSSR count). The van der Waals surface area contributed by atoms with Crippen molar-refractivity contribution in [2.45, 2.75) is 12.5 Å². The van der Waals surface area contributed by atoms with Gasteiger partial charge in [0, 0.05) is 0 Å². The first-order valence-electron chi connectivity index (χ1n) is 5.54. The van der Waals surface area contributed by atoms with Crippen LogP contribution < -0.4 is 4.90 Å². The van der Waals surface area contributed by atoms with E-state index in [1.807, 2.05) is 0 Å². The highest BCUT2D eigenvalue weighted by molar-refractivity contribution is 5.87. The molecule has 0 aliphatic carbocycles. The lowest BCUT2D eigenvalue weighted by Gasteiger charge is -2.29. The van der Waals surface area contributed by atoms with Gasteiger partial charge in [0.05, 0.1) is 12.1 Å². The number of hydrogen-bond acceptors (Lipinski definition) is 5. The lowest BCUT2D eigenvalue weighted by Crippen LogP contribution is -2.45. The van der Waals surface area contributed by atoms with Crippen molar-refractivity contribution >= 4 is 23.6 Å². The molecule has 0 aromatic heterocycles. The van der Waals surface area contributed by atoms with Crippen LogP contribution in [0.3, 0.4) is 0 Å². The molecule has 4 N–H and O–H groups in total. The van der Waals surface area contributed by atoms with E-state index in [1.54, 1.807) is 0 Å². The molecule has 8 nitrogen and oxygen atoms in total. The van der Waals surface area contributed by atoms with Gasteiger partial charge >= 0.3 is 17.9 Å². The summed E-state index contributed by atoms with van der Waals surface area (Å²) in [6.07, 6.45) is -0.795. The van der Waals surface area contributed by atoms with Crippen molar-refractivity contribution < 1.29 is 34.8 Å². The molecule has 0 aliphatic heterocycles. The number of phenols is 1. The van der Waals surface area contributed by atoms with Gasteiger partial charge in [-0.05, 0) is 12.1 Å². The summed E-state index contributed by atoms with van der Waals surface area (Å²) in [5.74, 6) is -4.55. The van der Waals surface area contributed by atoms with Crippen molar-refractivity contribution in [3.05, 3.63) is 24.3 Å². The number of para-hydroxylation sites is 2. The van der Waals surface area contributed by atoms with Gasteiger partial charge in [-0.15, -0.1) is 0 Å². The normalized spacial score (nSPS) is 11.6. The summed E-state index contributed by atoms with van der Waals surface area (Å²) >= 11 is 0. The van der Waals surface area contributed by atoms with E-state index >= 15 is 0 Å². The molecule has 0 fully saturated rings. The molecule has 20 heavy (non-hydrogen) atoms. The maximum absolute atomic E-state index is 11.2. The van der Waals surface area contributed by atoms with Gasteiger partial charge in [0.1, 0.15) is 18.3 Å². The Morgan fingerprint density at radius 3 is 2.10 bits per heavy atom. The third-order valence-corrected chi connectivity index (χ3v) is 2.53. The molecule has 0 saturated carbocycles. The molecule has 0 aliphatic rings. The lowest BCUT2D eigenvalue weighted by molar-refractivity contribution is -0.145. The summed E-state index contributed by atoms with van der Waals surface area (Å²) in [7, 11) is 0. The van der Waals surface area contributed by atoms with E-state index < -0.39 is 36.9 Å². The zero-order chi connectivity index (χ0) is 15.3. The van der Waals surface area contributed by atoms with Crippen molar-refractivity contribution in [3.63, 3.8) is 0 Å². The third-order valence-electron chi connectivity index (χ3n) is 2.53. The maximum Gasteiger partial charge on any atom is 0.326 e. The number of rotatable bonds is 7. The van der Waals surface area contributed by atoms with Gasteiger partial charge in [-0.25, -0.2) is 4.79 Å². The first kappa shape index (κ1) is 15.3. The molecule has 0 spiro atoms. The molecular formula is C12H13NO7. The minimum absolute atomic E-state index is 0.0523. The predicted octanol–water partition coefficient (Wildman–Crippen LogP) is 0.211. The largest absolute Gasteiger partial charge is 0.506 e. The van der Waals surface area contributed by atoms with Crippen LogP contribution in [0.2, 0.25) is 0 Å². The van der Waals surface area contributed by atoms with Gasteiger partial charge in [-0.2, -0.15) is 0 Å². The number of anilines is 1. The monoisotopic (exact) mass is 283 g/mol. The Balaban J connectivity index is 3.22. The topological polar surface area (TPSA) is 135 Å². The number of aromatic hydroxyl groups is 1. The Bertz CT molecular complexity index is 528. The molecule has 108 valence electrons. The number of carbonyl (C=O) groups is 3. The molecule has 1 atom stereocenters. The van der Waals surface area contributed by atoms with Crippen LogP contribution in [-0.2, 0) is 14.4 Å². The first-order valence-corrected chi connectivity index (χ1v) is 5.54. The zero-order valence-corrected chi connectivity index (χ0v) is 10.3. The molecule has 1 aromatic carbocycles. The molecule has 0 heterocycles. The molecule has 0 amide bonds. The van der Waals surface area contributed by atoms with Crippen LogP contribution in [0.4, 0.5) is 5.69 Å². The van der Waals surface area contributed by atoms with Gasteiger partial charge in [-0.3, -0.25) is 9.59 Å². The van der Waals surface area contributed by atoms with Crippen molar-refractivity contribution in [1.29, 1.82) is 0 Å². The van der Waals surface area contributed by atoms with Gasteiger partial charge < -0.3 is 25.3 Å². The average molecular weight is 283 g/mol. The van der Waals surface area contributed by atoms with Crippen LogP contribution in [0.15, 0.2) is 24.3 Å². The number of hydrogen-bond donors (Lipinski definition) is 4. The van der Waals surface area contributed by atoms with Gasteiger partial charge in [0.15, 0.2) is 0 Å². The minimum Gasteiger partial charge on any atom is -0.506 e. The minimum atomic E-state index is -1.60. The lowest BCUT2D eigenvalue weighted by atomic mass is 10.1. The maximum atomic E-state index is 11.2. The SMILES string of the molecule is O=C(O)C[C@@H](C(=O)O)N(CC(=O)O)c1ccccc1O. The average Bonchev–Trinajstić information content (AvgIpc) is 2.33. The number of carboxylic acids is 3. The van der Waals surface area contributed by atoms with Crippen LogP contribution in [0.5, 0.6) is 5.75 Å². The first-order chi connectivity index (χ1) is 9.32. The molecule has 0 saturated heterocycles. The standard InChI is InChI=1S/C12H13NO7/c14-9-4-2-1-3-7(9)13(6-11(17)18)8(12(19)20)5-10(15)16/h1-4,8,14H,5-6H2,(H,15,16)(H,17,18)(H,19,20)/t8-/m0/s1. The van der Waals surface area contributed by atoms with Crippen LogP contribution in [-0.4, -0.2) is 50.9 Å². The van der Waals surface area contributed by atoms with Crippen molar-refractivity contribution in [1.82, 2.24) is 0 Å². The van der Waals surface area contributed by atoms with E-state index in [1.165, 1.54) is 24.3 Å². The Labute approximate surface area is 113 Å². The van der Waals surface area contributed by atoms with Crippen LogP contribution in [0.1, 0.15) is 6.42 Å². The van der Waals surface area contributed by atoms with Crippen LogP contribution in [0.25, 0.3) is 0 Å². The van der Waals surface area contributed by atoms with E-state index in [-0.39, 0.29) is 11.4 Å². The number of phenolic OH excluding ortho intramolecular Hbond substituents is 1. The summed E-state index contributed by atoms with van der Waals surface area (Å²) in [6, 6.07) is 3.92. The molecular weight excluding hydrogens is 270 g/mol. The number of carboxylic acid groups (broad SMARTS) is 3. The number of aliphatic carboxylic acids is 3. The summed E-state index contributed by atoms with van der Waals surface area (Å²) in [4.78, 5) is 33.6. The van der Waals surface area contributed by atoms with Gasteiger partial charge in [-0.1, -0.05) is 12.1 Å².